The van der Waals surface area contributed by atoms with E-state index in [0.29, 0.717) is 10.2 Å². The Hall–Kier alpha value is -0.420. The van der Waals surface area contributed by atoms with Gasteiger partial charge in [-0.3, -0.25) is 4.99 Å². The quantitative estimate of drug-likeness (QED) is 0.388. The van der Waals surface area contributed by atoms with Gasteiger partial charge in [0, 0.05) is 37.6 Å². The Balaban J connectivity index is 1.79. The molecule has 5 heteroatoms. The normalized spacial score (nSPS) is 27.0. The van der Waals surface area contributed by atoms with Crippen LogP contribution in [-0.2, 0) is 4.74 Å². The molecule has 1 saturated carbocycles. The fourth-order valence-electron chi connectivity index (χ4n) is 2.93. The summed E-state index contributed by atoms with van der Waals surface area (Å²) in [5.74, 6) is 2.28. The number of hydrogen-bond donors (Lipinski definition) is 2. The van der Waals surface area contributed by atoms with Crippen molar-refractivity contribution in [1.29, 1.82) is 0 Å². The molecule has 128 valence electrons. The molecule has 1 saturated heterocycles. The van der Waals surface area contributed by atoms with Gasteiger partial charge in [-0.15, -0.1) is 0 Å². The molecule has 0 aromatic heterocycles. The number of nitrogens with zero attached hydrogens (tertiary/aromatic N) is 1. The molecule has 0 radical (unpaired) electrons. The number of aliphatic imine (C=N–C) groups is 1. The third-order valence-electron chi connectivity index (χ3n) is 4.79. The van der Waals surface area contributed by atoms with Crippen LogP contribution < -0.4 is 10.6 Å². The molecule has 22 heavy (non-hydrogen) atoms. The first kappa shape index (κ1) is 17.9. The summed E-state index contributed by atoms with van der Waals surface area (Å²) in [4.78, 5) is 4.85. The van der Waals surface area contributed by atoms with Crippen molar-refractivity contribution in [2.75, 3.05) is 38.6 Å². The first-order valence-electron chi connectivity index (χ1n) is 8.85. The molecule has 2 fully saturated rings. The number of hydrogen-bond acceptors (Lipinski definition) is 3. The molecule has 0 bridgehead atoms. The first-order valence-corrected chi connectivity index (χ1v) is 9.84. The zero-order valence-electron chi connectivity index (χ0n) is 14.5. The Labute approximate surface area is 140 Å². The molecule has 1 aliphatic carbocycles. The molecule has 0 aromatic rings. The van der Waals surface area contributed by atoms with Crippen molar-refractivity contribution in [2.24, 2.45) is 10.4 Å². The minimum Gasteiger partial charge on any atom is -0.382 e. The van der Waals surface area contributed by atoms with Crippen LogP contribution in [0.5, 0.6) is 0 Å². The molecule has 1 atom stereocenters. The summed E-state index contributed by atoms with van der Waals surface area (Å²) in [5, 5.41) is 6.95. The summed E-state index contributed by atoms with van der Waals surface area (Å²) >= 11 is 2.09. The largest absolute Gasteiger partial charge is 0.382 e. The van der Waals surface area contributed by atoms with Gasteiger partial charge in [0.2, 0.25) is 0 Å². The predicted molar refractivity (Wildman–Crippen MR) is 96.9 cm³/mol. The molecule has 0 amide bonds. The fourth-order valence-corrected chi connectivity index (χ4v) is 4.18. The molecule has 1 heterocycles. The maximum atomic E-state index is 5.51. The zero-order chi connectivity index (χ0) is 15.9. The minimum absolute atomic E-state index is 0.377. The smallest absolute Gasteiger partial charge is 0.191 e. The summed E-state index contributed by atoms with van der Waals surface area (Å²) in [7, 11) is 0. The van der Waals surface area contributed by atoms with Crippen molar-refractivity contribution in [3.8, 4) is 0 Å². The molecule has 4 nitrogen and oxygen atoms in total. The van der Waals surface area contributed by atoms with E-state index in [-0.39, 0.29) is 0 Å². The highest BCUT2D eigenvalue weighted by atomic mass is 32.2. The molecule has 2 aliphatic rings. The average molecular weight is 328 g/mol. The number of rotatable bonds is 9. The zero-order valence-corrected chi connectivity index (χ0v) is 15.4. The van der Waals surface area contributed by atoms with Gasteiger partial charge in [0.1, 0.15) is 0 Å². The van der Waals surface area contributed by atoms with Gasteiger partial charge in [0.25, 0.3) is 0 Å². The Morgan fingerprint density at radius 3 is 2.64 bits per heavy atom. The maximum absolute atomic E-state index is 5.51. The molecule has 0 aromatic carbocycles. The van der Waals surface area contributed by atoms with Crippen LogP contribution in [0, 0.1) is 5.41 Å². The van der Waals surface area contributed by atoms with Crippen LogP contribution in [0.2, 0.25) is 0 Å². The van der Waals surface area contributed by atoms with E-state index in [2.05, 4.69) is 43.2 Å². The van der Waals surface area contributed by atoms with Gasteiger partial charge >= 0.3 is 0 Å². The highest BCUT2D eigenvalue weighted by Crippen LogP contribution is 2.49. The van der Waals surface area contributed by atoms with E-state index in [1.807, 2.05) is 0 Å². The van der Waals surface area contributed by atoms with Gasteiger partial charge in [-0.1, -0.05) is 0 Å². The summed E-state index contributed by atoms with van der Waals surface area (Å²) < 4.78 is 5.89. The van der Waals surface area contributed by atoms with E-state index in [0.717, 1.165) is 45.2 Å². The lowest BCUT2D eigenvalue weighted by Gasteiger charge is -2.24. The third kappa shape index (κ3) is 5.65. The SMILES string of the molecule is CCNC(=NCC1(CCOCC)CC1)NCC1(C)CCCS1. The average Bonchev–Trinajstić information content (AvgIpc) is 3.15. The summed E-state index contributed by atoms with van der Waals surface area (Å²) in [6, 6.07) is 0. The maximum Gasteiger partial charge on any atom is 0.191 e. The van der Waals surface area contributed by atoms with Gasteiger partial charge in [0.05, 0.1) is 0 Å². The highest BCUT2D eigenvalue weighted by Gasteiger charge is 2.42. The summed E-state index contributed by atoms with van der Waals surface area (Å²) in [5.41, 5.74) is 0.420. The lowest BCUT2D eigenvalue weighted by atomic mass is 10.0. The third-order valence-corrected chi connectivity index (χ3v) is 6.32. The van der Waals surface area contributed by atoms with Gasteiger partial charge in [0.15, 0.2) is 5.96 Å². The second-order valence-electron chi connectivity index (χ2n) is 6.90. The van der Waals surface area contributed by atoms with Crippen molar-refractivity contribution < 1.29 is 4.74 Å². The van der Waals surface area contributed by atoms with Crippen LogP contribution in [0.1, 0.15) is 52.9 Å². The van der Waals surface area contributed by atoms with Gasteiger partial charge < -0.3 is 15.4 Å². The molecule has 2 N–H and O–H groups in total. The Morgan fingerprint density at radius 2 is 2.05 bits per heavy atom. The van der Waals surface area contributed by atoms with E-state index < -0.39 is 0 Å². The standard InChI is InChI=1S/C17H33N3OS/c1-4-18-15(19-13-16(3)7-6-12-22-16)20-14-17(8-9-17)10-11-21-5-2/h4-14H2,1-3H3,(H2,18,19,20). The topological polar surface area (TPSA) is 45.7 Å². The molecule has 2 rings (SSSR count). The number of nitrogens with one attached hydrogen (secondary N) is 2. The highest BCUT2D eigenvalue weighted by molar-refractivity contribution is 8.00. The molecule has 0 spiro atoms. The van der Waals surface area contributed by atoms with Crippen LogP contribution in [0.4, 0.5) is 0 Å². The second-order valence-corrected chi connectivity index (χ2v) is 8.58. The number of thioether (sulfide) groups is 1. The Morgan fingerprint density at radius 1 is 1.23 bits per heavy atom. The summed E-state index contributed by atoms with van der Waals surface area (Å²) in [6.45, 7) is 11.1. The van der Waals surface area contributed by atoms with Crippen LogP contribution in [-0.4, -0.2) is 49.3 Å². The molecule has 1 unspecified atom stereocenters. The molecular weight excluding hydrogens is 294 g/mol. The van der Waals surface area contributed by atoms with E-state index in [9.17, 15) is 0 Å². The van der Waals surface area contributed by atoms with E-state index in [1.54, 1.807) is 0 Å². The van der Waals surface area contributed by atoms with Crippen molar-refractivity contribution in [3.63, 3.8) is 0 Å². The first-order chi connectivity index (χ1) is 10.6. The minimum atomic E-state index is 0.377. The van der Waals surface area contributed by atoms with Crippen LogP contribution in [0.25, 0.3) is 0 Å². The monoisotopic (exact) mass is 327 g/mol. The van der Waals surface area contributed by atoms with Gasteiger partial charge in [-0.25, -0.2) is 0 Å². The lowest BCUT2D eigenvalue weighted by Crippen LogP contribution is -2.44. The van der Waals surface area contributed by atoms with Crippen molar-refractivity contribution in [3.05, 3.63) is 0 Å². The predicted octanol–water partition coefficient (Wildman–Crippen LogP) is 3.03. The second kappa shape index (κ2) is 8.44. The van der Waals surface area contributed by atoms with Crippen LogP contribution >= 0.6 is 11.8 Å². The van der Waals surface area contributed by atoms with Crippen LogP contribution in [0.15, 0.2) is 4.99 Å². The Bertz CT molecular complexity index is 363. The van der Waals surface area contributed by atoms with Crippen LogP contribution in [0.3, 0.4) is 0 Å². The fraction of sp³-hybridized carbons (Fsp3) is 0.941. The van der Waals surface area contributed by atoms with Gasteiger partial charge in [-0.2, -0.15) is 11.8 Å². The van der Waals surface area contributed by atoms with Crippen molar-refractivity contribution in [1.82, 2.24) is 10.6 Å². The van der Waals surface area contributed by atoms with Crippen molar-refractivity contribution >= 4 is 17.7 Å². The number of ether oxygens (including phenoxy) is 1. The number of guanidine groups is 1. The summed E-state index contributed by atoms with van der Waals surface area (Å²) in [6.07, 6.45) is 6.41. The van der Waals surface area contributed by atoms with E-state index in [1.165, 1.54) is 31.4 Å². The van der Waals surface area contributed by atoms with E-state index >= 15 is 0 Å². The molecule has 1 aliphatic heterocycles. The van der Waals surface area contributed by atoms with Crippen molar-refractivity contribution in [2.45, 2.75) is 57.6 Å². The van der Waals surface area contributed by atoms with Gasteiger partial charge in [-0.05, 0) is 64.0 Å². The molecular formula is C17H33N3OS. The Kier molecular flexibility index (Phi) is 6.87. The van der Waals surface area contributed by atoms with E-state index in [4.69, 9.17) is 9.73 Å². The lowest BCUT2D eigenvalue weighted by molar-refractivity contribution is 0.129.